The number of aryl methyl sites for hydroxylation is 1. The number of nitrogens with zero attached hydrogens (tertiary/aromatic N) is 2. The highest BCUT2D eigenvalue weighted by Gasteiger charge is 2.14. The van der Waals surface area contributed by atoms with Crippen molar-refractivity contribution in [2.24, 2.45) is 7.05 Å². The second-order valence-electron chi connectivity index (χ2n) is 2.86. The highest BCUT2D eigenvalue weighted by atomic mass is 16.5. The van der Waals surface area contributed by atoms with Crippen LogP contribution in [-0.2, 0) is 7.05 Å². The molecule has 0 aliphatic rings. The molecule has 0 saturated carbocycles. The van der Waals surface area contributed by atoms with E-state index in [1.54, 1.807) is 13.1 Å². The largest absolute Gasteiger partial charge is 0.493 e. The van der Waals surface area contributed by atoms with Crippen molar-refractivity contribution in [3.05, 3.63) is 24.0 Å². The maximum atomic E-state index is 11.6. The van der Waals surface area contributed by atoms with Crippen molar-refractivity contribution in [3.8, 4) is 5.75 Å². The smallest absolute Gasteiger partial charge is 0.207 e. The van der Waals surface area contributed by atoms with Gasteiger partial charge in [-0.2, -0.15) is 5.10 Å². The highest BCUT2D eigenvalue weighted by molar-refractivity contribution is 6.05. The molecule has 76 valence electrons. The average molecular weight is 194 g/mol. The van der Waals surface area contributed by atoms with E-state index in [9.17, 15) is 4.79 Å². The van der Waals surface area contributed by atoms with Crippen LogP contribution < -0.4 is 4.74 Å². The molecule has 1 heterocycles. The van der Waals surface area contributed by atoms with Crippen LogP contribution in [0.15, 0.2) is 18.3 Å². The fourth-order valence-electron chi connectivity index (χ4n) is 1.15. The van der Waals surface area contributed by atoms with E-state index < -0.39 is 0 Å². The van der Waals surface area contributed by atoms with Crippen molar-refractivity contribution < 1.29 is 9.53 Å². The van der Waals surface area contributed by atoms with Crippen LogP contribution in [0.2, 0.25) is 0 Å². The number of hydrogen-bond donors (Lipinski definition) is 0. The zero-order valence-corrected chi connectivity index (χ0v) is 8.65. The van der Waals surface area contributed by atoms with Gasteiger partial charge in [0.2, 0.25) is 5.78 Å². The van der Waals surface area contributed by atoms with Gasteiger partial charge in [-0.3, -0.25) is 9.48 Å². The Morgan fingerprint density at radius 2 is 2.43 bits per heavy atom. The predicted molar refractivity (Wildman–Crippen MR) is 53.5 cm³/mol. The summed E-state index contributed by atoms with van der Waals surface area (Å²) in [5, 5.41) is 3.95. The van der Waals surface area contributed by atoms with E-state index in [1.807, 2.05) is 13.0 Å². The molecule has 0 fully saturated rings. The van der Waals surface area contributed by atoms with Crippen molar-refractivity contribution in [3.63, 3.8) is 0 Å². The lowest BCUT2D eigenvalue weighted by atomic mass is 10.2. The van der Waals surface area contributed by atoms with E-state index in [-0.39, 0.29) is 5.78 Å². The van der Waals surface area contributed by atoms with Gasteiger partial charge in [0.15, 0.2) is 11.4 Å². The molecule has 0 aliphatic heterocycles. The Hall–Kier alpha value is -1.58. The Kier molecular flexibility index (Phi) is 3.45. The van der Waals surface area contributed by atoms with Crippen molar-refractivity contribution >= 4 is 5.78 Å². The van der Waals surface area contributed by atoms with E-state index in [2.05, 4.69) is 5.10 Å². The number of methoxy groups -OCH3 is 1. The molecule has 1 aromatic rings. The number of allylic oxidation sites excluding steroid dienone is 2. The summed E-state index contributed by atoms with van der Waals surface area (Å²) in [6, 6.07) is 0. The van der Waals surface area contributed by atoms with Gasteiger partial charge in [0.05, 0.1) is 13.3 Å². The molecule has 0 atom stereocenters. The Labute approximate surface area is 83.2 Å². The van der Waals surface area contributed by atoms with Crippen molar-refractivity contribution in [2.75, 3.05) is 7.11 Å². The standard InChI is InChI=1S/C10H14N2O2/c1-4-5-6-8(13)10-9(14-3)7-11-12(10)2/h5-7H,4H2,1-3H3/b6-5+. The quantitative estimate of drug-likeness (QED) is 0.540. The zero-order chi connectivity index (χ0) is 10.6. The topological polar surface area (TPSA) is 44.1 Å². The molecule has 0 bridgehead atoms. The van der Waals surface area contributed by atoms with Crippen LogP contribution in [0, 0.1) is 0 Å². The van der Waals surface area contributed by atoms with Crippen LogP contribution in [0.25, 0.3) is 0 Å². The number of hydrogen-bond acceptors (Lipinski definition) is 3. The lowest BCUT2D eigenvalue weighted by molar-refractivity contribution is 0.103. The third kappa shape index (κ3) is 2.02. The van der Waals surface area contributed by atoms with Gasteiger partial charge in [-0.25, -0.2) is 0 Å². The second-order valence-corrected chi connectivity index (χ2v) is 2.86. The van der Waals surface area contributed by atoms with E-state index in [0.717, 1.165) is 6.42 Å². The Morgan fingerprint density at radius 1 is 1.71 bits per heavy atom. The minimum absolute atomic E-state index is 0.0799. The number of ether oxygens (including phenoxy) is 1. The number of carbonyl (C=O) groups is 1. The Balaban J connectivity index is 2.98. The molecule has 0 N–H and O–H groups in total. The minimum atomic E-state index is -0.0799. The summed E-state index contributed by atoms with van der Waals surface area (Å²) in [7, 11) is 3.24. The molecule has 0 unspecified atom stereocenters. The van der Waals surface area contributed by atoms with Gasteiger partial charge in [-0.15, -0.1) is 0 Å². The fourth-order valence-corrected chi connectivity index (χ4v) is 1.15. The van der Waals surface area contributed by atoms with Crippen LogP contribution in [0.5, 0.6) is 5.75 Å². The number of aromatic nitrogens is 2. The molecule has 0 saturated heterocycles. The van der Waals surface area contributed by atoms with Crippen LogP contribution >= 0.6 is 0 Å². The van der Waals surface area contributed by atoms with E-state index in [4.69, 9.17) is 4.74 Å². The molecule has 0 radical (unpaired) electrons. The lowest BCUT2D eigenvalue weighted by Crippen LogP contribution is -2.05. The maximum Gasteiger partial charge on any atom is 0.207 e. The molecule has 0 spiro atoms. The molecular weight excluding hydrogens is 180 g/mol. The normalized spacial score (nSPS) is 10.8. The first-order chi connectivity index (χ1) is 6.70. The summed E-state index contributed by atoms with van der Waals surface area (Å²) in [5.74, 6) is 0.432. The van der Waals surface area contributed by atoms with Crippen LogP contribution in [0.3, 0.4) is 0 Å². The zero-order valence-electron chi connectivity index (χ0n) is 8.65. The maximum absolute atomic E-state index is 11.6. The summed E-state index contributed by atoms with van der Waals surface area (Å²) < 4.78 is 6.54. The molecular formula is C10H14N2O2. The molecule has 1 rings (SSSR count). The van der Waals surface area contributed by atoms with Gasteiger partial charge in [-0.1, -0.05) is 13.0 Å². The van der Waals surface area contributed by atoms with Gasteiger partial charge in [0, 0.05) is 7.05 Å². The van der Waals surface area contributed by atoms with E-state index in [1.165, 1.54) is 18.0 Å². The minimum Gasteiger partial charge on any atom is -0.493 e. The number of carbonyl (C=O) groups excluding carboxylic acids is 1. The summed E-state index contributed by atoms with van der Waals surface area (Å²) in [6.45, 7) is 1.98. The molecule has 14 heavy (non-hydrogen) atoms. The first-order valence-electron chi connectivity index (χ1n) is 4.47. The SMILES string of the molecule is CC/C=C/C(=O)c1c(OC)cnn1C. The van der Waals surface area contributed by atoms with Crippen molar-refractivity contribution in [2.45, 2.75) is 13.3 Å². The molecule has 4 heteroatoms. The predicted octanol–water partition coefficient (Wildman–Crippen LogP) is 1.58. The van der Waals surface area contributed by atoms with E-state index in [0.29, 0.717) is 11.4 Å². The summed E-state index contributed by atoms with van der Waals surface area (Å²) >= 11 is 0. The molecule has 4 nitrogen and oxygen atoms in total. The van der Waals surface area contributed by atoms with Crippen molar-refractivity contribution in [1.82, 2.24) is 9.78 Å². The van der Waals surface area contributed by atoms with Crippen LogP contribution in [0.4, 0.5) is 0 Å². The Morgan fingerprint density at radius 3 is 3.00 bits per heavy atom. The summed E-state index contributed by atoms with van der Waals surface area (Å²) in [5.41, 5.74) is 0.484. The lowest BCUT2D eigenvalue weighted by Gasteiger charge is -2.00. The van der Waals surface area contributed by atoms with Gasteiger partial charge >= 0.3 is 0 Å². The molecule has 0 amide bonds. The third-order valence-electron chi connectivity index (χ3n) is 1.86. The van der Waals surface area contributed by atoms with Gasteiger partial charge in [0.25, 0.3) is 0 Å². The molecule has 0 aliphatic carbocycles. The Bertz CT molecular complexity index is 353. The first kappa shape index (κ1) is 10.5. The van der Waals surface area contributed by atoms with Gasteiger partial charge in [0.1, 0.15) is 0 Å². The molecule has 1 aromatic heterocycles. The van der Waals surface area contributed by atoms with Gasteiger partial charge in [-0.05, 0) is 12.5 Å². The fraction of sp³-hybridized carbons (Fsp3) is 0.400. The monoisotopic (exact) mass is 194 g/mol. The first-order valence-corrected chi connectivity index (χ1v) is 4.47. The van der Waals surface area contributed by atoms with Crippen LogP contribution in [0.1, 0.15) is 23.8 Å². The summed E-state index contributed by atoms with van der Waals surface area (Å²) in [4.78, 5) is 11.6. The molecule has 0 aromatic carbocycles. The van der Waals surface area contributed by atoms with Gasteiger partial charge < -0.3 is 4.74 Å². The van der Waals surface area contributed by atoms with E-state index >= 15 is 0 Å². The number of ketones is 1. The third-order valence-corrected chi connectivity index (χ3v) is 1.86. The van der Waals surface area contributed by atoms with Crippen molar-refractivity contribution in [1.29, 1.82) is 0 Å². The number of rotatable bonds is 4. The second kappa shape index (κ2) is 4.60. The van der Waals surface area contributed by atoms with Crippen LogP contribution in [-0.4, -0.2) is 22.7 Å². The average Bonchev–Trinajstić information content (AvgIpc) is 2.56. The highest BCUT2D eigenvalue weighted by Crippen LogP contribution is 2.17. The summed E-state index contributed by atoms with van der Waals surface area (Å²) in [6.07, 6.45) is 5.73.